The second-order valence-corrected chi connectivity index (χ2v) is 10.0. The Hall–Kier alpha value is -3.65. The van der Waals surface area contributed by atoms with E-state index in [0.717, 1.165) is 31.9 Å². The van der Waals surface area contributed by atoms with Gasteiger partial charge in [-0.1, -0.05) is 35.9 Å². The number of hydrogen-bond donors (Lipinski definition) is 1. The molecule has 2 fully saturated rings. The van der Waals surface area contributed by atoms with Crippen molar-refractivity contribution in [3.05, 3.63) is 80.7 Å². The zero-order valence-electron chi connectivity index (χ0n) is 20.4. The minimum atomic E-state index is -0.632. The fourth-order valence-corrected chi connectivity index (χ4v) is 5.35. The van der Waals surface area contributed by atoms with Crippen molar-refractivity contribution in [3.63, 3.8) is 0 Å². The number of halogens is 1. The van der Waals surface area contributed by atoms with E-state index in [9.17, 15) is 19.2 Å². The highest BCUT2D eigenvalue weighted by molar-refractivity contribution is 6.31. The Balaban J connectivity index is 1.17. The molecule has 0 bridgehead atoms. The van der Waals surface area contributed by atoms with Crippen molar-refractivity contribution in [2.45, 2.75) is 38.1 Å². The van der Waals surface area contributed by atoms with Gasteiger partial charge in [-0.2, -0.15) is 0 Å². The summed E-state index contributed by atoms with van der Waals surface area (Å²) in [5, 5.41) is 3.28. The Morgan fingerprint density at radius 1 is 1.03 bits per heavy atom. The Morgan fingerprint density at radius 2 is 1.81 bits per heavy atom. The van der Waals surface area contributed by atoms with E-state index in [0.29, 0.717) is 42.4 Å². The summed E-state index contributed by atoms with van der Waals surface area (Å²) in [6.45, 7) is 2.42. The van der Waals surface area contributed by atoms with Gasteiger partial charge in [0.05, 0.1) is 11.9 Å². The fourth-order valence-electron chi connectivity index (χ4n) is 5.19. The first-order chi connectivity index (χ1) is 17.9. The van der Waals surface area contributed by atoms with E-state index < -0.39 is 5.91 Å². The normalized spacial score (nSPS) is 16.4. The fraction of sp³-hybridized carbons (Fsp3) is 0.357. The molecular formula is C28H28ClN3O5. The summed E-state index contributed by atoms with van der Waals surface area (Å²) < 4.78 is 5.55. The SMILES string of the molecule is O=C(NCC(=O)N1CCC(c2ccccc2CN2CCCC2=O)CC1)c1cc(=O)c2ccc(Cl)cc2o1. The summed E-state index contributed by atoms with van der Waals surface area (Å²) in [7, 11) is 0. The molecule has 0 atom stereocenters. The van der Waals surface area contributed by atoms with Gasteiger partial charge in [0.2, 0.25) is 11.8 Å². The summed E-state index contributed by atoms with van der Waals surface area (Å²) in [5.41, 5.74) is 2.28. The second-order valence-electron chi connectivity index (χ2n) is 9.57. The van der Waals surface area contributed by atoms with Crippen molar-refractivity contribution in [1.29, 1.82) is 0 Å². The van der Waals surface area contributed by atoms with Crippen molar-refractivity contribution in [2.75, 3.05) is 26.2 Å². The molecule has 3 amide bonds. The van der Waals surface area contributed by atoms with Crippen molar-refractivity contribution in [2.24, 2.45) is 0 Å². The van der Waals surface area contributed by atoms with Crippen LogP contribution in [0.25, 0.3) is 11.0 Å². The van der Waals surface area contributed by atoms with Crippen LogP contribution in [0.3, 0.4) is 0 Å². The summed E-state index contributed by atoms with van der Waals surface area (Å²) in [4.78, 5) is 53.4. The van der Waals surface area contributed by atoms with Crippen LogP contribution in [0.1, 0.15) is 53.3 Å². The number of amides is 3. The Kier molecular flexibility index (Phi) is 7.28. The number of benzene rings is 2. The monoisotopic (exact) mass is 521 g/mol. The number of carbonyl (C=O) groups is 3. The van der Waals surface area contributed by atoms with Crippen molar-refractivity contribution in [1.82, 2.24) is 15.1 Å². The number of nitrogens with zero attached hydrogens (tertiary/aromatic N) is 2. The maximum Gasteiger partial charge on any atom is 0.287 e. The van der Waals surface area contributed by atoms with E-state index in [1.54, 1.807) is 17.0 Å². The highest BCUT2D eigenvalue weighted by Crippen LogP contribution is 2.31. The molecule has 3 aromatic rings. The number of rotatable bonds is 6. The van der Waals surface area contributed by atoms with Crippen LogP contribution >= 0.6 is 11.6 Å². The molecule has 37 heavy (non-hydrogen) atoms. The van der Waals surface area contributed by atoms with E-state index in [2.05, 4.69) is 17.4 Å². The first kappa shape index (κ1) is 25.0. The summed E-state index contributed by atoms with van der Waals surface area (Å²) in [5.74, 6) is -0.462. The van der Waals surface area contributed by atoms with Crippen LogP contribution < -0.4 is 10.7 Å². The summed E-state index contributed by atoms with van der Waals surface area (Å²) >= 11 is 5.96. The lowest BCUT2D eigenvalue weighted by molar-refractivity contribution is -0.131. The van der Waals surface area contributed by atoms with E-state index in [1.807, 2.05) is 17.0 Å². The maximum absolute atomic E-state index is 12.8. The molecule has 3 heterocycles. The smallest absolute Gasteiger partial charge is 0.287 e. The standard InChI is InChI=1S/C28H28ClN3O5/c29-20-7-8-22-23(33)15-25(37-24(22)14-20)28(36)30-16-27(35)31-12-9-18(10-13-31)21-5-2-1-4-19(21)17-32-11-3-6-26(32)34/h1-2,4-5,7-8,14-15,18H,3,6,9-13,16-17H2,(H,30,36). The average Bonchev–Trinajstić information content (AvgIpc) is 3.31. The largest absolute Gasteiger partial charge is 0.451 e. The molecule has 0 saturated carbocycles. The molecule has 192 valence electrons. The zero-order valence-corrected chi connectivity index (χ0v) is 21.1. The van der Waals surface area contributed by atoms with Gasteiger partial charge in [0, 0.05) is 49.8 Å². The predicted octanol–water partition coefficient (Wildman–Crippen LogP) is 3.70. The quantitative estimate of drug-likeness (QED) is 0.533. The third kappa shape index (κ3) is 5.54. The minimum Gasteiger partial charge on any atom is -0.451 e. The summed E-state index contributed by atoms with van der Waals surface area (Å²) in [6.07, 6.45) is 3.16. The molecule has 1 aromatic heterocycles. The lowest BCUT2D eigenvalue weighted by Crippen LogP contribution is -2.44. The van der Waals surface area contributed by atoms with Crippen molar-refractivity contribution < 1.29 is 18.8 Å². The van der Waals surface area contributed by atoms with Crippen molar-refractivity contribution >= 4 is 40.3 Å². The van der Waals surface area contributed by atoms with Crippen LogP contribution in [-0.4, -0.2) is 53.7 Å². The van der Waals surface area contributed by atoms with Crippen LogP contribution in [0.2, 0.25) is 5.02 Å². The Labute approximate surface area is 219 Å². The molecule has 1 N–H and O–H groups in total. The first-order valence-electron chi connectivity index (χ1n) is 12.5. The number of piperidine rings is 1. The molecule has 2 aromatic carbocycles. The van der Waals surface area contributed by atoms with Gasteiger partial charge in [0.15, 0.2) is 11.2 Å². The molecule has 0 radical (unpaired) electrons. The van der Waals surface area contributed by atoms with Crippen molar-refractivity contribution in [3.8, 4) is 0 Å². The molecule has 2 saturated heterocycles. The molecule has 0 unspecified atom stereocenters. The van der Waals surface area contributed by atoms with Gasteiger partial charge >= 0.3 is 0 Å². The molecule has 9 heteroatoms. The highest BCUT2D eigenvalue weighted by Gasteiger charge is 2.27. The molecule has 0 spiro atoms. The number of fused-ring (bicyclic) bond motifs is 1. The third-order valence-corrected chi connectivity index (χ3v) is 7.43. The van der Waals surface area contributed by atoms with Gasteiger partial charge in [-0.05, 0) is 48.4 Å². The van der Waals surface area contributed by atoms with Gasteiger partial charge in [0.25, 0.3) is 5.91 Å². The molecular weight excluding hydrogens is 494 g/mol. The molecule has 0 aliphatic carbocycles. The van der Waals surface area contributed by atoms with Crippen LogP contribution in [-0.2, 0) is 16.1 Å². The van der Waals surface area contributed by atoms with E-state index >= 15 is 0 Å². The van der Waals surface area contributed by atoms with Crippen LogP contribution in [0.5, 0.6) is 0 Å². The van der Waals surface area contributed by atoms with E-state index in [-0.39, 0.29) is 35.1 Å². The topological polar surface area (TPSA) is 99.9 Å². The average molecular weight is 522 g/mol. The van der Waals surface area contributed by atoms with E-state index in [4.69, 9.17) is 16.0 Å². The van der Waals surface area contributed by atoms with Crippen LogP contribution in [0, 0.1) is 0 Å². The number of hydrogen-bond acceptors (Lipinski definition) is 5. The number of likely N-dealkylation sites (tertiary alicyclic amines) is 2. The highest BCUT2D eigenvalue weighted by atomic mass is 35.5. The number of carbonyl (C=O) groups excluding carboxylic acids is 3. The molecule has 8 nitrogen and oxygen atoms in total. The zero-order chi connectivity index (χ0) is 25.9. The first-order valence-corrected chi connectivity index (χ1v) is 12.9. The third-order valence-electron chi connectivity index (χ3n) is 7.19. The maximum atomic E-state index is 12.8. The molecule has 5 rings (SSSR count). The van der Waals surface area contributed by atoms with E-state index in [1.165, 1.54) is 17.2 Å². The van der Waals surface area contributed by atoms with Gasteiger partial charge in [-0.15, -0.1) is 0 Å². The van der Waals surface area contributed by atoms with Crippen LogP contribution in [0.15, 0.2) is 57.7 Å². The van der Waals surface area contributed by atoms with Gasteiger partial charge in [-0.3, -0.25) is 19.2 Å². The van der Waals surface area contributed by atoms with Gasteiger partial charge in [-0.25, -0.2) is 0 Å². The van der Waals surface area contributed by atoms with Gasteiger partial charge in [0.1, 0.15) is 5.58 Å². The Morgan fingerprint density at radius 3 is 2.57 bits per heavy atom. The van der Waals surface area contributed by atoms with Crippen LogP contribution in [0.4, 0.5) is 0 Å². The minimum absolute atomic E-state index is 0.167. The lowest BCUT2D eigenvalue weighted by atomic mass is 9.86. The summed E-state index contributed by atoms with van der Waals surface area (Å²) in [6, 6.07) is 14.0. The Bertz CT molecular complexity index is 1410. The lowest BCUT2D eigenvalue weighted by Gasteiger charge is -2.33. The molecule has 2 aliphatic heterocycles. The van der Waals surface area contributed by atoms with Gasteiger partial charge < -0.3 is 19.5 Å². The molecule has 2 aliphatic rings. The second kappa shape index (κ2) is 10.8. The predicted molar refractivity (Wildman–Crippen MR) is 139 cm³/mol. The number of nitrogens with one attached hydrogen (secondary N) is 1.